The molecule has 0 spiro atoms. The van der Waals surface area contributed by atoms with E-state index in [1.807, 2.05) is 68.4 Å². The van der Waals surface area contributed by atoms with Crippen molar-refractivity contribution in [3.8, 4) is 11.5 Å². The Balaban J connectivity index is 1.56. The van der Waals surface area contributed by atoms with E-state index in [1.54, 1.807) is 4.90 Å². The van der Waals surface area contributed by atoms with Crippen molar-refractivity contribution in [2.45, 2.75) is 25.5 Å². The summed E-state index contributed by atoms with van der Waals surface area (Å²) < 4.78 is 5.62. The van der Waals surface area contributed by atoms with Crippen LogP contribution in [0.15, 0.2) is 64.2 Å². The van der Waals surface area contributed by atoms with E-state index < -0.39 is 0 Å². The summed E-state index contributed by atoms with van der Waals surface area (Å²) in [5, 5.41) is 11.2. The van der Waals surface area contributed by atoms with Crippen LogP contribution in [0.4, 0.5) is 5.69 Å². The molecule has 0 saturated carbocycles. The third kappa shape index (κ3) is 5.93. The van der Waals surface area contributed by atoms with Crippen molar-refractivity contribution >= 4 is 29.3 Å². The topological polar surface area (TPSA) is 88.3 Å². The van der Waals surface area contributed by atoms with Gasteiger partial charge < -0.3 is 14.6 Å². The minimum absolute atomic E-state index is 0.000661. The number of para-hydroxylation sites is 1. The van der Waals surface area contributed by atoms with Crippen LogP contribution in [0.3, 0.4) is 0 Å². The molecule has 2 amide bonds. The van der Waals surface area contributed by atoms with Crippen molar-refractivity contribution < 1.29 is 14.0 Å². The van der Waals surface area contributed by atoms with Gasteiger partial charge in [0.05, 0.1) is 12.3 Å². The van der Waals surface area contributed by atoms with Gasteiger partial charge in [0.15, 0.2) is 0 Å². The summed E-state index contributed by atoms with van der Waals surface area (Å²) in [5.74, 6) is 0.156. The number of thioether (sulfide) groups is 1. The first-order valence-corrected chi connectivity index (χ1v) is 10.7. The third-order valence-electron chi connectivity index (χ3n) is 4.35. The molecule has 1 N–H and O–H groups in total. The summed E-state index contributed by atoms with van der Waals surface area (Å²) in [6.07, 6.45) is 0.757. The highest BCUT2D eigenvalue weighted by atomic mass is 32.2. The van der Waals surface area contributed by atoms with Crippen molar-refractivity contribution in [3.63, 3.8) is 0 Å². The molecule has 0 radical (unpaired) electrons. The van der Waals surface area contributed by atoms with Gasteiger partial charge in [0, 0.05) is 17.8 Å². The summed E-state index contributed by atoms with van der Waals surface area (Å²) in [4.78, 5) is 26.7. The molecule has 0 aliphatic rings. The Labute approximate surface area is 179 Å². The molecule has 0 bridgehead atoms. The number of aryl methyl sites for hydroxylation is 1. The molecule has 1 aromatic heterocycles. The van der Waals surface area contributed by atoms with Crippen LogP contribution in [-0.4, -0.2) is 45.8 Å². The fourth-order valence-corrected chi connectivity index (χ4v) is 3.48. The molecule has 0 saturated heterocycles. The van der Waals surface area contributed by atoms with Crippen molar-refractivity contribution in [1.29, 1.82) is 0 Å². The number of rotatable bonds is 9. The first-order valence-electron chi connectivity index (χ1n) is 9.71. The average Bonchev–Trinajstić information content (AvgIpc) is 3.23. The predicted molar refractivity (Wildman–Crippen MR) is 117 cm³/mol. The van der Waals surface area contributed by atoms with Crippen molar-refractivity contribution in [3.05, 3.63) is 60.2 Å². The minimum Gasteiger partial charge on any atom is -0.411 e. The zero-order valence-corrected chi connectivity index (χ0v) is 17.8. The lowest BCUT2D eigenvalue weighted by molar-refractivity contribution is -0.132. The number of carbonyl (C=O) groups is 2. The largest absolute Gasteiger partial charge is 0.411 e. The molecule has 156 valence electrons. The monoisotopic (exact) mass is 424 g/mol. The van der Waals surface area contributed by atoms with Crippen LogP contribution in [0.2, 0.25) is 0 Å². The van der Waals surface area contributed by atoms with Gasteiger partial charge in [-0.15, -0.1) is 10.2 Å². The predicted octanol–water partition coefficient (Wildman–Crippen LogP) is 4.01. The van der Waals surface area contributed by atoms with Crippen LogP contribution in [0.25, 0.3) is 11.5 Å². The molecule has 0 atom stereocenters. The van der Waals surface area contributed by atoms with Crippen molar-refractivity contribution in [1.82, 2.24) is 15.1 Å². The maximum absolute atomic E-state index is 12.7. The van der Waals surface area contributed by atoms with Crippen LogP contribution in [0.5, 0.6) is 0 Å². The Hall–Kier alpha value is -3.13. The van der Waals surface area contributed by atoms with Crippen LogP contribution >= 0.6 is 11.8 Å². The Kier molecular flexibility index (Phi) is 7.62. The molecule has 3 rings (SSSR count). The van der Waals surface area contributed by atoms with Gasteiger partial charge in [-0.2, -0.15) is 0 Å². The van der Waals surface area contributed by atoms with Gasteiger partial charge in [-0.1, -0.05) is 55.1 Å². The molecule has 0 unspecified atom stereocenters. The van der Waals surface area contributed by atoms with Gasteiger partial charge in [-0.25, -0.2) is 0 Å². The van der Waals surface area contributed by atoms with Crippen molar-refractivity contribution in [2.24, 2.45) is 0 Å². The van der Waals surface area contributed by atoms with E-state index in [2.05, 4.69) is 15.5 Å². The molecule has 1 heterocycles. The average molecular weight is 425 g/mol. The lowest BCUT2D eigenvalue weighted by atomic mass is 10.2. The van der Waals surface area contributed by atoms with E-state index in [0.29, 0.717) is 17.7 Å². The molecule has 3 aromatic rings. The van der Waals surface area contributed by atoms with E-state index in [1.165, 1.54) is 11.8 Å². The molecular formula is C22H24N4O3S. The summed E-state index contributed by atoms with van der Waals surface area (Å²) in [5.41, 5.74) is 2.55. The lowest BCUT2D eigenvalue weighted by Gasteiger charge is -2.21. The van der Waals surface area contributed by atoms with E-state index in [9.17, 15) is 9.59 Å². The number of amides is 2. The maximum atomic E-state index is 12.7. The van der Waals surface area contributed by atoms with E-state index >= 15 is 0 Å². The summed E-state index contributed by atoms with van der Waals surface area (Å²) in [6, 6.07) is 17.0. The number of hydrogen-bond acceptors (Lipinski definition) is 6. The summed E-state index contributed by atoms with van der Waals surface area (Å²) in [6.45, 7) is 4.40. The zero-order valence-electron chi connectivity index (χ0n) is 17.0. The third-order valence-corrected chi connectivity index (χ3v) is 5.15. The van der Waals surface area contributed by atoms with Crippen LogP contribution in [0.1, 0.15) is 18.9 Å². The Morgan fingerprint density at radius 1 is 1.07 bits per heavy atom. The van der Waals surface area contributed by atoms with Gasteiger partial charge in [0.2, 0.25) is 17.7 Å². The fraction of sp³-hybridized carbons (Fsp3) is 0.273. The Morgan fingerprint density at radius 3 is 2.53 bits per heavy atom. The second-order valence-corrected chi connectivity index (χ2v) is 7.63. The summed E-state index contributed by atoms with van der Waals surface area (Å²) in [7, 11) is 0. The second kappa shape index (κ2) is 10.6. The summed E-state index contributed by atoms with van der Waals surface area (Å²) >= 11 is 1.17. The number of nitrogens with one attached hydrogen (secondary N) is 1. The quantitative estimate of drug-likeness (QED) is 0.522. The number of aromatic nitrogens is 2. The highest BCUT2D eigenvalue weighted by Gasteiger charge is 2.19. The SMILES string of the molecule is CCCN(CC(=O)Nc1ccccc1C)C(=O)CSc1nnc(-c2ccccc2)o1. The number of benzene rings is 2. The zero-order chi connectivity index (χ0) is 21.3. The molecule has 0 aliphatic heterocycles. The van der Waals surface area contributed by atoms with Crippen LogP contribution < -0.4 is 5.32 Å². The Bertz CT molecular complexity index is 991. The lowest BCUT2D eigenvalue weighted by Crippen LogP contribution is -2.39. The molecular weight excluding hydrogens is 400 g/mol. The number of anilines is 1. The van der Waals surface area contributed by atoms with Crippen molar-refractivity contribution in [2.75, 3.05) is 24.2 Å². The van der Waals surface area contributed by atoms with Crippen LogP contribution in [-0.2, 0) is 9.59 Å². The highest BCUT2D eigenvalue weighted by molar-refractivity contribution is 7.99. The second-order valence-electron chi connectivity index (χ2n) is 6.71. The molecule has 0 fully saturated rings. The number of hydrogen-bond donors (Lipinski definition) is 1. The van der Waals surface area contributed by atoms with E-state index in [4.69, 9.17) is 4.42 Å². The molecule has 30 heavy (non-hydrogen) atoms. The minimum atomic E-state index is -0.222. The number of carbonyl (C=O) groups excluding carboxylic acids is 2. The van der Waals surface area contributed by atoms with Gasteiger partial charge in [-0.05, 0) is 37.1 Å². The number of nitrogens with zero attached hydrogens (tertiary/aromatic N) is 3. The van der Waals surface area contributed by atoms with Gasteiger partial charge in [-0.3, -0.25) is 9.59 Å². The van der Waals surface area contributed by atoms with Gasteiger partial charge in [0.25, 0.3) is 5.22 Å². The molecule has 0 aliphatic carbocycles. The smallest absolute Gasteiger partial charge is 0.277 e. The molecule has 7 nitrogen and oxygen atoms in total. The van der Waals surface area contributed by atoms with E-state index in [-0.39, 0.29) is 24.1 Å². The van der Waals surface area contributed by atoms with E-state index in [0.717, 1.165) is 23.2 Å². The standard InChI is InChI=1S/C22H24N4O3S/c1-3-13-26(14-19(27)23-18-12-8-7-9-16(18)2)20(28)15-30-22-25-24-21(29-22)17-10-5-4-6-11-17/h4-12H,3,13-15H2,1-2H3,(H,23,27). The fourth-order valence-electron chi connectivity index (χ4n) is 2.82. The first-order chi connectivity index (χ1) is 14.6. The Morgan fingerprint density at radius 2 is 1.80 bits per heavy atom. The first kappa shape index (κ1) is 21.6. The highest BCUT2D eigenvalue weighted by Crippen LogP contribution is 2.23. The van der Waals surface area contributed by atoms with Gasteiger partial charge in [0.1, 0.15) is 0 Å². The van der Waals surface area contributed by atoms with Crippen LogP contribution in [0, 0.1) is 6.92 Å². The maximum Gasteiger partial charge on any atom is 0.277 e. The van der Waals surface area contributed by atoms with Gasteiger partial charge >= 0.3 is 0 Å². The molecule has 8 heteroatoms. The molecule has 2 aromatic carbocycles. The normalized spacial score (nSPS) is 10.6.